The third-order valence-electron chi connectivity index (χ3n) is 4.04. The van der Waals surface area contributed by atoms with Crippen molar-refractivity contribution in [3.8, 4) is 39.2 Å². The molecule has 9 nitrogen and oxygen atoms in total. The van der Waals surface area contributed by atoms with Crippen LogP contribution in [-0.4, -0.2) is 42.3 Å². The summed E-state index contributed by atoms with van der Waals surface area (Å²) < 4.78 is 12.0. The van der Waals surface area contributed by atoms with Gasteiger partial charge in [0.2, 0.25) is 10.8 Å². The summed E-state index contributed by atoms with van der Waals surface area (Å²) >= 11 is 1.39. The molecule has 0 atom stereocenters. The molecule has 0 saturated heterocycles. The first-order valence-corrected chi connectivity index (χ1v) is 8.89. The molecule has 0 fully saturated rings. The summed E-state index contributed by atoms with van der Waals surface area (Å²) in [4.78, 5) is 0.668. The number of fused-ring (bicyclic) bond motifs is 1. The van der Waals surface area contributed by atoms with E-state index in [-0.39, 0.29) is 0 Å². The van der Waals surface area contributed by atoms with Crippen LogP contribution in [0.1, 0.15) is 5.76 Å². The molecular formula is C17H13N7O2S. The summed E-state index contributed by atoms with van der Waals surface area (Å²) in [6.45, 7) is 1.84. The topological polar surface area (TPSA) is 107 Å². The molecule has 4 heterocycles. The number of methoxy groups -OCH3 is 1. The molecule has 5 aromatic rings. The van der Waals surface area contributed by atoms with Crippen molar-refractivity contribution in [2.24, 2.45) is 0 Å². The third-order valence-corrected chi connectivity index (χ3v) is 4.96. The average Bonchev–Trinajstić information content (AvgIpc) is 3.45. The van der Waals surface area contributed by atoms with Crippen molar-refractivity contribution in [2.45, 2.75) is 6.92 Å². The highest BCUT2D eigenvalue weighted by Crippen LogP contribution is 2.29. The second kappa shape index (κ2) is 6.02. The Labute approximate surface area is 156 Å². The predicted octanol–water partition coefficient (Wildman–Crippen LogP) is 3.21. The second-order valence-corrected chi connectivity index (χ2v) is 6.80. The molecule has 0 unspecified atom stereocenters. The standard InChI is InChI=1S/C17H13N7O2S/c1-9-7-14(23-26-9)16-22-24-15(20-21-17(24)27-16)13-8-12(18-19-13)10-3-5-11(25-2)6-4-10/h3-8H,1-2H3,(H,18,19). The SMILES string of the molecule is COc1ccc(-c2cc(-c3nnc4sc(-c5cc(C)on5)nn34)[nH]n2)cc1. The molecule has 0 aliphatic carbocycles. The first-order chi connectivity index (χ1) is 13.2. The summed E-state index contributed by atoms with van der Waals surface area (Å²) in [5, 5.41) is 25.1. The van der Waals surface area contributed by atoms with Crippen LogP contribution in [0.4, 0.5) is 0 Å². The lowest BCUT2D eigenvalue weighted by Gasteiger charge is -1.99. The quantitative estimate of drug-likeness (QED) is 0.511. The summed E-state index contributed by atoms with van der Waals surface area (Å²) in [5.41, 5.74) is 3.17. The molecule has 1 aromatic carbocycles. The van der Waals surface area contributed by atoms with Gasteiger partial charge in [-0.25, -0.2) is 0 Å². The van der Waals surface area contributed by atoms with Gasteiger partial charge in [0.05, 0.1) is 12.8 Å². The van der Waals surface area contributed by atoms with Crippen LogP contribution >= 0.6 is 11.3 Å². The van der Waals surface area contributed by atoms with Gasteiger partial charge in [-0.15, -0.1) is 10.2 Å². The lowest BCUT2D eigenvalue weighted by atomic mass is 10.1. The second-order valence-electron chi connectivity index (χ2n) is 5.84. The summed E-state index contributed by atoms with van der Waals surface area (Å²) in [6, 6.07) is 11.4. The Hall–Kier alpha value is -3.53. The van der Waals surface area contributed by atoms with Crippen molar-refractivity contribution in [3.05, 3.63) is 42.2 Å². The number of hydrogen-bond donors (Lipinski definition) is 1. The zero-order chi connectivity index (χ0) is 18.4. The van der Waals surface area contributed by atoms with Gasteiger partial charge < -0.3 is 9.26 Å². The van der Waals surface area contributed by atoms with Crippen molar-refractivity contribution < 1.29 is 9.26 Å². The van der Waals surface area contributed by atoms with E-state index in [0.29, 0.717) is 21.5 Å². The number of rotatable bonds is 4. The molecule has 0 amide bonds. The Morgan fingerprint density at radius 3 is 2.70 bits per heavy atom. The van der Waals surface area contributed by atoms with Gasteiger partial charge in [0.25, 0.3) is 0 Å². The molecule has 0 aliphatic heterocycles. The van der Waals surface area contributed by atoms with Crippen molar-refractivity contribution in [1.29, 1.82) is 0 Å². The molecule has 4 aromatic heterocycles. The molecule has 10 heteroatoms. The van der Waals surface area contributed by atoms with Gasteiger partial charge >= 0.3 is 0 Å². The number of aryl methyl sites for hydroxylation is 1. The Morgan fingerprint density at radius 1 is 1.11 bits per heavy atom. The lowest BCUT2D eigenvalue weighted by Crippen LogP contribution is -1.91. The van der Waals surface area contributed by atoms with Crippen LogP contribution < -0.4 is 4.74 Å². The van der Waals surface area contributed by atoms with Crippen LogP contribution in [-0.2, 0) is 0 Å². The average molecular weight is 379 g/mol. The molecular weight excluding hydrogens is 366 g/mol. The Balaban J connectivity index is 1.52. The van der Waals surface area contributed by atoms with Crippen LogP contribution in [0, 0.1) is 6.92 Å². The van der Waals surface area contributed by atoms with E-state index in [4.69, 9.17) is 9.26 Å². The summed E-state index contributed by atoms with van der Waals surface area (Å²) in [6.07, 6.45) is 0. The molecule has 0 spiro atoms. The van der Waals surface area contributed by atoms with Crippen LogP contribution in [0.3, 0.4) is 0 Å². The Bertz CT molecular complexity index is 1230. The van der Waals surface area contributed by atoms with Crippen LogP contribution in [0.5, 0.6) is 5.75 Å². The minimum absolute atomic E-state index is 0.583. The summed E-state index contributed by atoms with van der Waals surface area (Å²) in [5.74, 6) is 2.11. The van der Waals surface area contributed by atoms with Gasteiger partial charge in [0, 0.05) is 11.6 Å². The van der Waals surface area contributed by atoms with E-state index in [0.717, 1.165) is 28.5 Å². The van der Waals surface area contributed by atoms with E-state index >= 15 is 0 Å². The predicted molar refractivity (Wildman–Crippen MR) is 98.5 cm³/mol. The van der Waals surface area contributed by atoms with Gasteiger partial charge in [-0.3, -0.25) is 5.10 Å². The molecule has 0 bridgehead atoms. The zero-order valence-corrected chi connectivity index (χ0v) is 15.2. The fourth-order valence-electron chi connectivity index (χ4n) is 2.70. The zero-order valence-electron chi connectivity index (χ0n) is 14.4. The van der Waals surface area contributed by atoms with E-state index in [1.54, 1.807) is 11.6 Å². The minimum atomic E-state index is 0.583. The summed E-state index contributed by atoms with van der Waals surface area (Å²) in [7, 11) is 1.64. The molecule has 134 valence electrons. The van der Waals surface area contributed by atoms with Crippen molar-refractivity contribution in [2.75, 3.05) is 7.11 Å². The maximum Gasteiger partial charge on any atom is 0.235 e. The number of aromatic amines is 1. The third kappa shape index (κ3) is 2.66. The van der Waals surface area contributed by atoms with Crippen LogP contribution in [0.15, 0.2) is 40.9 Å². The molecule has 5 rings (SSSR count). The maximum absolute atomic E-state index is 5.19. The van der Waals surface area contributed by atoms with Crippen LogP contribution in [0.2, 0.25) is 0 Å². The highest BCUT2D eigenvalue weighted by Gasteiger charge is 2.18. The van der Waals surface area contributed by atoms with Gasteiger partial charge in [0.1, 0.15) is 22.9 Å². The van der Waals surface area contributed by atoms with Crippen molar-refractivity contribution >= 4 is 16.3 Å². The van der Waals surface area contributed by atoms with Gasteiger partial charge in [0.15, 0.2) is 5.01 Å². The molecule has 0 aliphatic rings. The monoisotopic (exact) mass is 379 g/mol. The highest BCUT2D eigenvalue weighted by molar-refractivity contribution is 7.19. The van der Waals surface area contributed by atoms with Gasteiger partial charge in [-0.1, -0.05) is 16.5 Å². The number of aromatic nitrogens is 7. The van der Waals surface area contributed by atoms with E-state index in [9.17, 15) is 0 Å². The largest absolute Gasteiger partial charge is 0.497 e. The maximum atomic E-state index is 5.19. The lowest BCUT2D eigenvalue weighted by molar-refractivity contribution is 0.399. The van der Waals surface area contributed by atoms with E-state index < -0.39 is 0 Å². The smallest absolute Gasteiger partial charge is 0.235 e. The fraction of sp³-hybridized carbons (Fsp3) is 0.118. The molecule has 27 heavy (non-hydrogen) atoms. The van der Waals surface area contributed by atoms with Gasteiger partial charge in [-0.05, 0) is 37.3 Å². The van der Waals surface area contributed by atoms with E-state index in [2.05, 4.69) is 30.7 Å². The van der Waals surface area contributed by atoms with Crippen LogP contribution in [0.25, 0.3) is 38.4 Å². The number of nitrogens with zero attached hydrogens (tertiary/aromatic N) is 6. The number of nitrogens with one attached hydrogen (secondary N) is 1. The van der Waals surface area contributed by atoms with Crippen molar-refractivity contribution in [3.63, 3.8) is 0 Å². The Morgan fingerprint density at radius 2 is 1.96 bits per heavy atom. The molecule has 0 saturated carbocycles. The number of hydrogen-bond acceptors (Lipinski definition) is 8. The number of H-pyrrole nitrogens is 1. The minimum Gasteiger partial charge on any atom is -0.497 e. The van der Waals surface area contributed by atoms with E-state index in [1.165, 1.54) is 11.3 Å². The first kappa shape index (κ1) is 15.7. The Kier molecular flexibility index (Phi) is 3.50. The molecule has 0 radical (unpaired) electrons. The molecule has 1 N–H and O–H groups in total. The highest BCUT2D eigenvalue weighted by atomic mass is 32.1. The number of ether oxygens (including phenoxy) is 1. The number of benzene rings is 1. The van der Waals surface area contributed by atoms with Crippen molar-refractivity contribution in [1.82, 2.24) is 35.2 Å². The first-order valence-electron chi connectivity index (χ1n) is 8.07. The van der Waals surface area contributed by atoms with E-state index in [1.807, 2.05) is 43.3 Å². The fourth-order valence-corrected chi connectivity index (χ4v) is 3.49. The normalized spacial score (nSPS) is 11.3. The van der Waals surface area contributed by atoms with Gasteiger partial charge in [-0.2, -0.15) is 14.7 Å².